The fourth-order valence-electron chi connectivity index (χ4n) is 2.46. The molecule has 1 N–H and O–H groups in total. The number of halogens is 1. The SMILES string of the molecule is CC(C)NCC(Cc1ccn(C)n1)Cc1ccccc1Cl. The Bertz CT molecular complexity index is 563. The molecule has 0 saturated carbocycles. The van der Waals surface area contributed by atoms with Crippen LogP contribution in [0.3, 0.4) is 0 Å². The summed E-state index contributed by atoms with van der Waals surface area (Å²) in [5.41, 5.74) is 2.35. The molecule has 0 aliphatic rings. The summed E-state index contributed by atoms with van der Waals surface area (Å²) >= 11 is 6.30. The molecule has 0 aliphatic carbocycles. The monoisotopic (exact) mass is 305 g/mol. The lowest BCUT2D eigenvalue weighted by molar-refractivity contribution is 0.439. The van der Waals surface area contributed by atoms with Crippen LogP contribution in [0.1, 0.15) is 25.1 Å². The van der Waals surface area contributed by atoms with Gasteiger partial charge in [-0.05, 0) is 43.0 Å². The summed E-state index contributed by atoms with van der Waals surface area (Å²) in [7, 11) is 1.96. The van der Waals surface area contributed by atoms with Gasteiger partial charge in [0.25, 0.3) is 0 Å². The van der Waals surface area contributed by atoms with E-state index >= 15 is 0 Å². The van der Waals surface area contributed by atoms with Gasteiger partial charge in [-0.2, -0.15) is 5.10 Å². The van der Waals surface area contributed by atoms with Crippen molar-refractivity contribution < 1.29 is 0 Å². The molecule has 2 aromatic rings. The maximum atomic E-state index is 6.30. The third kappa shape index (κ3) is 5.18. The van der Waals surface area contributed by atoms with E-state index < -0.39 is 0 Å². The van der Waals surface area contributed by atoms with Gasteiger partial charge in [-0.25, -0.2) is 0 Å². The maximum Gasteiger partial charge on any atom is 0.0627 e. The number of hydrogen-bond donors (Lipinski definition) is 1. The van der Waals surface area contributed by atoms with Crippen LogP contribution in [-0.2, 0) is 19.9 Å². The van der Waals surface area contributed by atoms with E-state index in [1.807, 2.05) is 30.1 Å². The number of rotatable bonds is 7. The maximum absolute atomic E-state index is 6.30. The van der Waals surface area contributed by atoms with Crippen LogP contribution in [0.4, 0.5) is 0 Å². The summed E-state index contributed by atoms with van der Waals surface area (Å²) in [5.74, 6) is 0.488. The number of benzene rings is 1. The van der Waals surface area contributed by atoms with Gasteiger partial charge in [0.1, 0.15) is 0 Å². The van der Waals surface area contributed by atoms with Crippen molar-refractivity contribution in [2.45, 2.75) is 32.7 Å². The standard InChI is InChI=1S/C17H24ClN3/c1-13(2)19-12-14(11-16-8-9-21(3)20-16)10-15-6-4-5-7-17(15)18/h4-9,13-14,19H,10-12H2,1-3H3. The molecular formula is C17H24ClN3. The van der Waals surface area contributed by atoms with E-state index in [-0.39, 0.29) is 0 Å². The Morgan fingerprint density at radius 1 is 1.19 bits per heavy atom. The first kappa shape index (κ1) is 16.1. The van der Waals surface area contributed by atoms with Gasteiger partial charge in [0, 0.05) is 24.3 Å². The van der Waals surface area contributed by atoms with Gasteiger partial charge in [0.2, 0.25) is 0 Å². The highest BCUT2D eigenvalue weighted by Gasteiger charge is 2.14. The Morgan fingerprint density at radius 3 is 2.57 bits per heavy atom. The van der Waals surface area contributed by atoms with E-state index in [4.69, 9.17) is 11.6 Å². The van der Waals surface area contributed by atoms with Crippen molar-refractivity contribution >= 4 is 11.6 Å². The fraction of sp³-hybridized carbons (Fsp3) is 0.471. The second-order valence-electron chi connectivity index (χ2n) is 5.91. The largest absolute Gasteiger partial charge is 0.314 e. The van der Waals surface area contributed by atoms with Gasteiger partial charge in [-0.15, -0.1) is 0 Å². The molecule has 0 bridgehead atoms. The Kier molecular flexibility index (Phi) is 5.83. The molecule has 3 nitrogen and oxygen atoms in total. The fourth-order valence-corrected chi connectivity index (χ4v) is 2.67. The van der Waals surface area contributed by atoms with Crippen LogP contribution >= 0.6 is 11.6 Å². The zero-order valence-electron chi connectivity index (χ0n) is 13.0. The van der Waals surface area contributed by atoms with Gasteiger partial charge in [-0.1, -0.05) is 43.6 Å². The Hall–Kier alpha value is -1.32. The molecule has 2 rings (SSSR count). The topological polar surface area (TPSA) is 29.9 Å². The van der Waals surface area contributed by atoms with Crippen molar-refractivity contribution in [3.05, 3.63) is 52.8 Å². The van der Waals surface area contributed by atoms with E-state index in [9.17, 15) is 0 Å². The Balaban J connectivity index is 2.06. The highest BCUT2D eigenvalue weighted by atomic mass is 35.5. The van der Waals surface area contributed by atoms with Crippen molar-refractivity contribution in [1.29, 1.82) is 0 Å². The van der Waals surface area contributed by atoms with Crippen LogP contribution in [0.5, 0.6) is 0 Å². The predicted octanol–water partition coefficient (Wildman–Crippen LogP) is 3.47. The van der Waals surface area contributed by atoms with Gasteiger partial charge in [-0.3, -0.25) is 4.68 Å². The lowest BCUT2D eigenvalue weighted by Gasteiger charge is -2.19. The quantitative estimate of drug-likeness (QED) is 0.849. The molecule has 0 aliphatic heterocycles. The Labute approximate surface area is 132 Å². The summed E-state index contributed by atoms with van der Waals surface area (Å²) in [5, 5.41) is 8.89. The van der Waals surface area contributed by atoms with Crippen molar-refractivity contribution in [3.63, 3.8) is 0 Å². The molecule has 1 atom stereocenters. The minimum absolute atomic E-state index is 0.488. The molecular weight excluding hydrogens is 282 g/mol. The minimum Gasteiger partial charge on any atom is -0.314 e. The first-order chi connectivity index (χ1) is 10.0. The molecule has 0 fully saturated rings. The van der Waals surface area contributed by atoms with Gasteiger partial charge in [0.15, 0.2) is 0 Å². The highest BCUT2D eigenvalue weighted by Crippen LogP contribution is 2.20. The molecule has 0 saturated heterocycles. The van der Waals surface area contributed by atoms with Gasteiger partial charge >= 0.3 is 0 Å². The molecule has 1 aromatic carbocycles. The summed E-state index contributed by atoms with van der Waals surface area (Å²) in [6.07, 6.45) is 3.93. The average molecular weight is 306 g/mol. The minimum atomic E-state index is 0.488. The van der Waals surface area contributed by atoms with E-state index in [0.29, 0.717) is 12.0 Å². The molecule has 21 heavy (non-hydrogen) atoms. The smallest absolute Gasteiger partial charge is 0.0627 e. The number of nitrogens with one attached hydrogen (secondary N) is 1. The van der Waals surface area contributed by atoms with E-state index in [1.54, 1.807) is 0 Å². The van der Waals surface area contributed by atoms with Crippen LogP contribution in [-0.4, -0.2) is 22.4 Å². The zero-order valence-corrected chi connectivity index (χ0v) is 13.8. The number of aryl methyl sites for hydroxylation is 1. The van der Waals surface area contributed by atoms with E-state index in [0.717, 1.165) is 30.1 Å². The summed E-state index contributed by atoms with van der Waals surface area (Å²) in [4.78, 5) is 0. The van der Waals surface area contributed by atoms with Crippen molar-refractivity contribution in [2.75, 3.05) is 6.54 Å². The third-order valence-electron chi connectivity index (χ3n) is 3.55. The zero-order chi connectivity index (χ0) is 15.2. The molecule has 0 amide bonds. The number of aromatic nitrogens is 2. The predicted molar refractivity (Wildman–Crippen MR) is 88.7 cm³/mol. The van der Waals surface area contributed by atoms with Crippen LogP contribution in [0.15, 0.2) is 36.5 Å². The van der Waals surface area contributed by atoms with Crippen LogP contribution in [0, 0.1) is 5.92 Å². The van der Waals surface area contributed by atoms with Crippen molar-refractivity contribution in [2.24, 2.45) is 13.0 Å². The summed E-state index contributed by atoms with van der Waals surface area (Å²) in [6, 6.07) is 10.7. The van der Waals surface area contributed by atoms with E-state index in [2.05, 4.69) is 42.5 Å². The second kappa shape index (κ2) is 7.62. The molecule has 0 radical (unpaired) electrons. The average Bonchev–Trinajstić information content (AvgIpc) is 2.84. The first-order valence-electron chi connectivity index (χ1n) is 7.50. The van der Waals surface area contributed by atoms with Crippen molar-refractivity contribution in [1.82, 2.24) is 15.1 Å². The van der Waals surface area contributed by atoms with Crippen LogP contribution < -0.4 is 5.32 Å². The summed E-state index contributed by atoms with van der Waals surface area (Å²) < 4.78 is 1.86. The highest BCUT2D eigenvalue weighted by molar-refractivity contribution is 6.31. The molecule has 4 heteroatoms. The second-order valence-corrected chi connectivity index (χ2v) is 6.32. The molecule has 1 unspecified atom stereocenters. The lowest BCUT2D eigenvalue weighted by Crippen LogP contribution is -2.31. The molecule has 1 aromatic heterocycles. The van der Waals surface area contributed by atoms with Gasteiger partial charge < -0.3 is 5.32 Å². The lowest BCUT2D eigenvalue weighted by atomic mass is 9.94. The molecule has 1 heterocycles. The number of nitrogens with zero attached hydrogens (tertiary/aromatic N) is 2. The van der Waals surface area contributed by atoms with Crippen LogP contribution in [0.25, 0.3) is 0 Å². The van der Waals surface area contributed by atoms with E-state index in [1.165, 1.54) is 5.56 Å². The normalized spacial score (nSPS) is 12.8. The molecule has 114 valence electrons. The first-order valence-corrected chi connectivity index (χ1v) is 7.87. The van der Waals surface area contributed by atoms with Gasteiger partial charge in [0.05, 0.1) is 5.69 Å². The number of hydrogen-bond acceptors (Lipinski definition) is 2. The van der Waals surface area contributed by atoms with Crippen LogP contribution in [0.2, 0.25) is 5.02 Å². The molecule has 0 spiro atoms. The summed E-state index contributed by atoms with van der Waals surface area (Å²) in [6.45, 7) is 5.32. The van der Waals surface area contributed by atoms with Crippen molar-refractivity contribution in [3.8, 4) is 0 Å². The third-order valence-corrected chi connectivity index (χ3v) is 3.92. The Morgan fingerprint density at radius 2 is 1.95 bits per heavy atom.